The van der Waals surface area contributed by atoms with Crippen LogP contribution in [0.2, 0.25) is 0 Å². The van der Waals surface area contributed by atoms with E-state index in [0.29, 0.717) is 13.2 Å². The van der Waals surface area contributed by atoms with Gasteiger partial charge in [0.1, 0.15) is 0 Å². The maximum atomic E-state index is 5.56. The number of methoxy groups -OCH3 is 1. The molecule has 2 N–H and O–H groups in total. The van der Waals surface area contributed by atoms with E-state index in [1.165, 1.54) is 0 Å². The largest absolute Gasteiger partial charge is 0.383 e. The number of likely N-dealkylation sites (N-methyl/N-ethyl adjacent to an activating group) is 1. The second-order valence-electron chi connectivity index (χ2n) is 4.10. The molecule has 0 aliphatic heterocycles. The zero-order chi connectivity index (χ0) is 12.1. The predicted molar refractivity (Wildman–Crippen MR) is 65.9 cm³/mol. The van der Waals surface area contributed by atoms with Crippen LogP contribution in [0.5, 0.6) is 0 Å². The van der Waals surface area contributed by atoms with E-state index in [1.54, 1.807) is 7.11 Å². The van der Waals surface area contributed by atoms with E-state index >= 15 is 0 Å². The standard InChI is InChI=1S/C11H22N4O/c1-9-7-15(10(2)8-16-4)11(13-9)14(3)6-5-12/h7,10H,5-6,8,12H2,1-4H3. The van der Waals surface area contributed by atoms with Gasteiger partial charge in [0, 0.05) is 33.4 Å². The van der Waals surface area contributed by atoms with Crippen LogP contribution >= 0.6 is 0 Å². The Morgan fingerprint density at radius 3 is 2.88 bits per heavy atom. The molecule has 1 rings (SSSR count). The summed E-state index contributed by atoms with van der Waals surface area (Å²) >= 11 is 0. The van der Waals surface area contributed by atoms with Gasteiger partial charge in [-0.3, -0.25) is 0 Å². The highest BCUT2D eigenvalue weighted by molar-refractivity contribution is 5.32. The fourth-order valence-corrected chi connectivity index (χ4v) is 1.73. The van der Waals surface area contributed by atoms with Crippen LogP contribution in [0.1, 0.15) is 18.7 Å². The first-order chi connectivity index (χ1) is 7.60. The maximum Gasteiger partial charge on any atom is 0.205 e. The smallest absolute Gasteiger partial charge is 0.205 e. The van der Waals surface area contributed by atoms with E-state index < -0.39 is 0 Å². The van der Waals surface area contributed by atoms with E-state index in [9.17, 15) is 0 Å². The number of rotatable bonds is 6. The van der Waals surface area contributed by atoms with Crippen LogP contribution < -0.4 is 10.6 Å². The predicted octanol–water partition coefficient (Wildman–Crippen LogP) is 0.794. The van der Waals surface area contributed by atoms with E-state index in [2.05, 4.69) is 21.4 Å². The van der Waals surface area contributed by atoms with Gasteiger partial charge >= 0.3 is 0 Å². The Labute approximate surface area is 97.2 Å². The zero-order valence-corrected chi connectivity index (χ0v) is 10.6. The topological polar surface area (TPSA) is 56.3 Å². The van der Waals surface area contributed by atoms with Gasteiger partial charge in [0.15, 0.2) is 0 Å². The zero-order valence-electron chi connectivity index (χ0n) is 10.6. The first kappa shape index (κ1) is 13.0. The molecule has 0 fully saturated rings. The first-order valence-corrected chi connectivity index (χ1v) is 5.55. The van der Waals surface area contributed by atoms with Crippen molar-refractivity contribution in [1.82, 2.24) is 9.55 Å². The summed E-state index contributed by atoms with van der Waals surface area (Å²) in [5.41, 5.74) is 6.57. The second-order valence-corrected chi connectivity index (χ2v) is 4.10. The highest BCUT2D eigenvalue weighted by atomic mass is 16.5. The van der Waals surface area contributed by atoms with Crippen LogP contribution in [-0.4, -0.2) is 43.4 Å². The van der Waals surface area contributed by atoms with Gasteiger partial charge in [0.25, 0.3) is 0 Å². The monoisotopic (exact) mass is 226 g/mol. The van der Waals surface area contributed by atoms with Crippen LogP contribution in [0.3, 0.4) is 0 Å². The summed E-state index contributed by atoms with van der Waals surface area (Å²) in [7, 11) is 3.72. The molecule has 0 spiro atoms. The van der Waals surface area contributed by atoms with Crippen molar-refractivity contribution in [2.45, 2.75) is 19.9 Å². The van der Waals surface area contributed by atoms with Crippen LogP contribution in [0.25, 0.3) is 0 Å². The minimum Gasteiger partial charge on any atom is -0.383 e. The SMILES string of the molecule is COCC(C)n1cc(C)nc1N(C)CCN. The minimum atomic E-state index is 0.279. The molecule has 1 atom stereocenters. The highest BCUT2D eigenvalue weighted by Crippen LogP contribution is 2.18. The van der Waals surface area contributed by atoms with Gasteiger partial charge in [-0.2, -0.15) is 0 Å². The van der Waals surface area contributed by atoms with E-state index in [1.807, 2.05) is 20.2 Å². The number of ether oxygens (including phenoxy) is 1. The molecule has 1 aromatic rings. The average molecular weight is 226 g/mol. The van der Waals surface area contributed by atoms with Gasteiger partial charge in [0.05, 0.1) is 18.3 Å². The van der Waals surface area contributed by atoms with Crippen molar-refractivity contribution in [3.8, 4) is 0 Å². The quantitative estimate of drug-likeness (QED) is 0.779. The van der Waals surface area contributed by atoms with Crippen molar-refractivity contribution in [3.05, 3.63) is 11.9 Å². The Balaban J connectivity index is 2.90. The Morgan fingerprint density at radius 2 is 2.31 bits per heavy atom. The number of nitrogens with zero attached hydrogens (tertiary/aromatic N) is 3. The normalized spacial score (nSPS) is 12.8. The molecular formula is C11H22N4O. The molecular weight excluding hydrogens is 204 g/mol. The molecule has 92 valence electrons. The molecule has 0 bridgehead atoms. The fraction of sp³-hybridized carbons (Fsp3) is 0.727. The van der Waals surface area contributed by atoms with Crippen molar-refractivity contribution in [1.29, 1.82) is 0 Å². The molecule has 0 aliphatic rings. The number of nitrogens with two attached hydrogens (primary N) is 1. The van der Waals surface area contributed by atoms with Crippen molar-refractivity contribution < 1.29 is 4.74 Å². The summed E-state index contributed by atoms with van der Waals surface area (Å²) in [6.45, 7) is 6.22. The lowest BCUT2D eigenvalue weighted by molar-refractivity contribution is 0.162. The third-order valence-electron chi connectivity index (χ3n) is 2.52. The summed E-state index contributed by atoms with van der Waals surface area (Å²) in [5, 5.41) is 0. The summed E-state index contributed by atoms with van der Waals surface area (Å²) in [6, 6.07) is 0.279. The highest BCUT2D eigenvalue weighted by Gasteiger charge is 2.14. The Hall–Kier alpha value is -1.07. The van der Waals surface area contributed by atoms with E-state index in [-0.39, 0.29) is 6.04 Å². The second kappa shape index (κ2) is 5.86. The van der Waals surface area contributed by atoms with Crippen LogP contribution in [0.4, 0.5) is 5.95 Å². The molecule has 0 radical (unpaired) electrons. The van der Waals surface area contributed by atoms with Crippen LogP contribution in [0.15, 0.2) is 6.20 Å². The lowest BCUT2D eigenvalue weighted by Crippen LogP contribution is -2.28. The Kier molecular flexibility index (Phi) is 4.76. The molecule has 16 heavy (non-hydrogen) atoms. The molecule has 5 nitrogen and oxygen atoms in total. The van der Waals surface area contributed by atoms with Gasteiger partial charge in [-0.25, -0.2) is 4.98 Å². The molecule has 0 aliphatic carbocycles. The minimum absolute atomic E-state index is 0.279. The van der Waals surface area contributed by atoms with Gasteiger partial charge in [-0.15, -0.1) is 0 Å². The number of hydrogen-bond donors (Lipinski definition) is 1. The molecule has 0 aromatic carbocycles. The summed E-state index contributed by atoms with van der Waals surface area (Å²) < 4.78 is 7.30. The number of aryl methyl sites for hydroxylation is 1. The van der Waals surface area contributed by atoms with Crippen LogP contribution in [-0.2, 0) is 4.74 Å². The molecule has 0 saturated carbocycles. The lowest BCUT2D eigenvalue weighted by Gasteiger charge is -2.22. The average Bonchev–Trinajstić information content (AvgIpc) is 2.61. The van der Waals surface area contributed by atoms with Crippen molar-refractivity contribution in [2.24, 2.45) is 5.73 Å². The van der Waals surface area contributed by atoms with Gasteiger partial charge in [-0.1, -0.05) is 0 Å². The number of hydrogen-bond acceptors (Lipinski definition) is 4. The summed E-state index contributed by atoms with van der Waals surface area (Å²) in [5.74, 6) is 0.951. The first-order valence-electron chi connectivity index (χ1n) is 5.55. The van der Waals surface area contributed by atoms with Crippen molar-refractivity contribution in [3.63, 3.8) is 0 Å². The van der Waals surface area contributed by atoms with Gasteiger partial charge < -0.3 is 19.9 Å². The number of aromatic nitrogens is 2. The number of anilines is 1. The van der Waals surface area contributed by atoms with Gasteiger partial charge in [0.2, 0.25) is 5.95 Å². The van der Waals surface area contributed by atoms with Crippen molar-refractivity contribution in [2.75, 3.05) is 38.8 Å². The fourth-order valence-electron chi connectivity index (χ4n) is 1.73. The van der Waals surface area contributed by atoms with Crippen LogP contribution in [0, 0.1) is 6.92 Å². The molecule has 0 saturated heterocycles. The van der Waals surface area contributed by atoms with Gasteiger partial charge in [-0.05, 0) is 13.8 Å². The third-order valence-corrected chi connectivity index (χ3v) is 2.52. The Bertz CT molecular complexity index is 294. The van der Waals surface area contributed by atoms with Crippen molar-refractivity contribution >= 4 is 5.95 Å². The Morgan fingerprint density at radius 1 is 1.62 bits per heavy atom. The molecule has 0 amide bonds. The molecule has 1 heterocycles. The van der Waals surface area contributed by atoms with E-state index in [0.717, 1.165) is 18.2 Å². The third kappa shape index (κ3) is 2.96. The molecule has 1 aromatic heterocycles. The summed E-state index contributed by atoms with van der Waals surface area (Å²) in [4.78, 5) is 6.58. The lowest BCUT2D eigenvalue weighted by atomic mass is 10.3. The molecule has 5 heteroatoms. The maximum absolute atomic E-state index is 5.56. The summed E-state index contributed by atoms with van der Waals surface area (Å²) in [6.07, 6.45) is 2.05. The van der Waals surface area contributed by atoms with E-state index in [4.69, 9.17) is 10.5 Å². The number of imidazole rings is 1. The molecule has 1 unspecified atom stereocenters.